The van der Waals surface area contributed by atoms with Gasteiger partial charge in [-0.15, -0.1) is 0 Å². The molecule has 24 heavy (non-hydrogen) atoms. The molecule has 7 heteroatoms. The number of hydroxylamine groups is 2. The first-order valence-corrected chi connectivity index (χ1v) is 7.56. The molecule has 3 rings (SSSR count). The van der Waals surface area contributed by atoms with Gasteiger partial charge in [-0.2, -0.15) is 0 Å². The zero-order chi connectivity index (χ0) is 17.3. The summed E-state index contributed by atoms with van der Waals surface area (Å²) in [7, 11) is 0. The maximum absolute atomic E-state index is 12.5. The predicted octanol–water partition coefficient (Wildman–Crippen LogP) is 2.50. The van der Waals surface area contributed by atoms with Crippen LogP contribution in [0.5, 0.6) is 0 Å². The van der Waals surface area contributed by atoms with E-state index in [0.29, 0.717) is 15.8 Å². The van der Waals surface area contributed by atoms with Crippen molar-refractivity contribution in [2.24, 2.45) is 0 Å². The quantitative estimate of drug-likeness (QED) is 0.527. The molecule has 6 nitrogen and oxygen atoms in total. The highest BCUT2D eigenvalue weighted by molar-refractivity contribution is 6.30. The van der Waals surface area contributed by atoms with E-state index in [9.17, 15) is 19.6 Å². The SMILES string of the molecule is O=C1C[C@H](N(O)C(=O)c2ccccc2)C(=O)N1c1ccc(Cl)cc1. The second-order valence-corrected chi connectivity index (χ2v) is 5.72. The first kappa shape index (κ1) is 16.2. The smallest absolute Gasteiger partial charge is 0.277 e. The molecule has 0 saturated carbocycles. The minimum Gasteiger partial charge on any atom is -0.285 e. The summed E-state index contributed by atoms with van der Waals surface area (Å²) in [4.78, 5) is 37.9. The van der Waals surface area contributed by atoms with E-state index in [4.69, 9.17) is 11.6 Å². The van der Waals surface area contributed by atoms with Gasteiger partial charge in [0, 0.05) is 10.6 Å². The van der Waals surface area contributed by atoms with Crippen LogP contribution in [-0.4, -0.2) is 34.0 Å². The standard InChI is InChI=1S/C17H13ClN2O4/c18-12-6-8-13(9-7-12)19-15(21)10-14(17(19)23)20(24)16(22)11-4-2-1-3-5-11/h1-9,14,24H,10H2/t14-/m0/s1. The average Bonchev–Trinajstić information content (AvgIpc) is 2.90. The number of rotatable bonds is 3. The van der Waals surface area contributed by atoms with Gasteiger partial charge >= 0.3 is 0 Å². The third-order valence-corrected chi connectivity index (χ3v) is 3.98. The zero-order valence-corrected chi connectivity index (χ0v) is 13.2. The van der Waals surface area contributed by atoms with Gasteiger partial charge < -0.3 is 0 Å². The number of benzene rings is 2. The lowest BCUT2D eigenvalue weighted by atomic mass is 10.1. The number of imide groups is 1. The van der Waals surface area contributed by atoms with E-state index in [1.54, 1.807) is 30.3 Å². The Bertz CT molecular complexity index is 792. The fraction of sp³-hybridized carbons (Fsp3) is 0.118. The third-order valence-electron chi connectivity index (χ3n) is 3.73. The van der Waals surface area contributed by atoms with Gasteiger partial charge in [-0.05, 0) is 36.4 Å². The van der Waals surface area contributed by atoms with Gasteiger partial charge in [-0.1, -0.05) is 29.8 Å². The van der Waals surface area contributed by atoms with E-state index in [-0.39, 0.29) is 12.0 Å². The Labute approximate surface area is 142 Å². The van der Waals surface area contributed by atoms with E-state index >= 15 is 0 Å². The molecule has 1 heterocycles. The van der Waals surface area contributed by atoms with Gasteiger partial charge in [0.1, 0.15) is 6.04 Å². The topological polar surface area (TPSA) is 77.9 Å². The Morgan fingerprint density at radius 2 is 1.71 bits per heavy atom. The number of nitrogens with zero attached hydrogens (tertiary/aromatic N) is 2. The Morgan fingerprint density at radius 3 is 2.33 bits per heavy atom. The van der Waals surface area contributed by atoms with Gasteiger partial charge in [0.2, 0.25) is 5.91 Å². The molecule has 0 aromatic heterocycles. The zero-order valence-electron chi connectivity index (χ0n) is 12.4. The van der Waals surface area contributed by atoms with Crippen molar-refractivity contribution in [1.29, 1.82) is 0 Å². The fourth-order valence-corrected chi connectivity index (χ4v) is 2.65. The molecular weight excluding hydrogens is 332 g/mol. The lowest BCUT2D eigenvalue weighted by molar-refractivity contribution is -0.135. The lowest BCUT2D eigenvalue weighted by Crippen LogP contribution is -2.43. The summed E-state index contributed by atoms with van der Waals surface area (Å²) in [6, 6.07) is 13.0. The summed E-state index contributed by atoms with van der Waals surface area (Å²) in [6.45, 7) is 0. The lowest BCUT2D eigenvalue weighted by Gasteiger charge is -2.21. The van der Waals surface area contributed by atoms with Crippen molar-refractivity contribution in [1.82, 2.24) is 5.06 Å². The van der Waals surface area contributed by atoms with E-state index in [0.717, 1.165) is 4.90 Å². The minimum absolute atomic E-state index is 0.227. The highest BCUT2D eigenvalue weighted by atomic mass is 35.5. The number of carbonyl (C=O) groups is 3. The van der Waals surface area contributed by atoms with Crippen molar-refractivity contribution in [2.45, 2.75) is 12.5 Å². The number of halogens is 1. The van der Waals surface area contributed by atoms with Crippen LogP contribution >= 0.6 is 11.6 Å². The molecule has 1 N–H and O–H groups in total. The summed E-state index contributed by atoms with van der Waals surface area (Å²) in [5.41, 5.74) is 0.572. The Morgan fingerprint density at radius 1 is 1.08 bits per heavy atom. The fourth-order valence-electron chi connectivity index (χ4n) is 2.52. The Balaban J connectivity index is 1.83. The normalized spacial score (nSPS) is 17.2. The van der Waals surface area contributed by atoms with Crippen LogP contribution in [0.4, 0.5) is 5.69 Å². The van der Waals surface area contributed by atoms with Gasteiger partial charge in [0.15, 0.2) is 0 Å². The molecule has 2 aromatic rings. The van der Waals surface area contributed by atoms with Crippen LogP contribution in [0.15, 0.2) is 54.6 Å². The maximum atomic E-state index is 12.5. The van der Waals surface area contributed by atoms with Crippen molar-refractivity contribution >= 4 is 35.0 Å². The monoisotopic (exact) mass is 344 g/mol. The second kappa shape index (κ2) is 6.43. The molecule has 0 aliphatic carbocycles. The van der Waals surface area contributed by atoms with Crippen LogP contribution in [0.1, 0.15) is 16.8 Å². The van der Waals surface area contributed by atoms with Gasteiger partial charge in [0.05, 0.1) is 12.1 Å². The molecule has 0 unspecified atom stereocenters. The maximum Gasteiger partial charge on any atom is 0.277 e. The molecule has 1 saturated heterocycles. The average molecular weight is 345 g/mol. The van der Waals surface area contributed by atoms with Gasteiger partial charge in [-0.3, -0.25) is 19.6 Å². The van der Waals surface area contributed by atoms with Gasteiger partial charge in [0.25, 0.3) is 11.8 Å². The summed E-state index contributed by atoms with van der Waals surface area (Å²) in [5.74, 6) is -1.89. The third kappa shape index (κ3) is 2.89. The van der Waals surface area contributed by atoms with Crippen molar-refractivity contribution < 1.29 is 19.6 Å². The number of anilines is 1. The van der Waals surface area contributed by atoms with Crippen LogP contribution in [-0.2, 0) is 9.59 Å². The van der Waals surface area contributed by atoms with Crippen molar-refractivity contribution in [2.75, 3.05) is 4.90 Å². The number of carbonyl (C=O) groups excluding carboxylic acids is 3. The first-order valence-electron chi connectivity index (χ1n) is 7.19. The summed E-state index contributed by atoms with van der Waals surface area (Å²) < 4.78 is 0. The Kier molecular flexibility index (Phi) is 4.33. The molecule has 0 bridgehead atoms. The summed E-state index contributed by atoms with van der Waals surface area (Å²) in [6.07, 6.45) is -0.281. The highest BCUT2D eigenvalue weighted by Crippen LogP contribution is 2.26. The van der Waals surface area contributed by atoms with Crippen LogP contribution < -0.4 is 4.90 Å². The minimum atomic E-state index is -1.25. The summed E-state index contributed by atoms with van der Waals surface area (Å²) in [5, 5.41) is 10.9. The van der Waals surface area contributed by atoms with Crippen molar-refractivity contribution in [3.05, 3.63) is 65.2 Å². The summed E-state index contributed by atoms with van der Waals surface area (Å²) >= 11 is 5.80. The van der Waals surface area contributed by atoms with E-state index in [2.05, 4.69) is 0 Å². The molecule has 0 spiro atoms. The first-order chi connectivity index (χ1) is 11.5. The number of hydrogen-bond donors (Lipinski definition) is 1. The van der Waals surface area contributed by atoms with E-state index in [1.165, 1.54) is 24.3 Å². The largest absolute Gasteiger partial charge is 0.285 e. The molecule has 0 radical (unpaired) electrons. The predicted molar refractivity (Wildman–Crippen MR) is 86.7 cm³/mol. The van der Waals surface area contributed by atoms with Crippen LogP contribution in [0.2, 0.25) is 5.02 Å². The van der Waals surface area contributed by atoms with Crippen LogP contribution in [0.25, 0.3) is 0 Å². The van der Waals surface area contributed by atoms with Crippen molar-refractivity contribution in [3.8, 4) is 0 Å². The molecule has 1 fully saturated rings. The Hall–Kier alpha value is -2.70. The number of hydrogen-bond acceptors (Lipinski definition) is 4. The van der Waals surface area contributed by atoms with Crippen LogP contribution in [0.3, 0.4) is 0 Å². The van der Waals surface area contributed by atoms with E-state index < -0.39 is 23.8 Å². The highest BCUT2D eigenvalue weighted by Gasteiger charge is 2.44. The number of amides is 3. The molecular formula is C17H13ClN2O4. The molecule has 3 amide bonds. The van der Waals surface area contributed by atoms with Gasteiger partial charge in [-0.25, -0.2) is 9.96 Å². The van der Waals surface area contributed by atoms with Crippen LogP contribution in [0, 0.1) is 0 Å². The molecule has 1 atom stereocenters. The molecule has 1 aliphatic rings. The van der Waals surface area contributed by atoms with E-state index in [1.807, 2.05) is 0 Å². The second-order valence-electron chi connectivity index (χ2n) is 5.28. The molecule has 2 aromatic carbocycles. The van der Waals surface area contributed by atoms with Crippen molar-refractivity contribution in [3.63, 3.8) is 0 Å². The molecule has 1 aliphatic heterocycles. The molecule has 122 valence electrons.